The maximum absolute atomic E-state index is 13.1. The molecule has 2 rings (SSSR count). The van der Waals surface area contributed by atoms with Gasteiger partial charge in [0.2, 0.25) is 0 Å². The van der Waals surface area contributed by atoms with Gasteiger partial charge in [0.15, 0.2) is 0 Å². The van der Waals surface area contributed by atoms with Gasteiger partial charge in [-0.15, -0.1) is 0 Å². The smallest absolute Gasteiger partial charge is 0.135 e. The molecule has 3 nitrogen and oxygen atoms in total. The van der Waals surface area contributed by atoms with Gasteiger partial charge >= 0.3 is 0 Å². The zero-order valence-corrected chi connectivity index (χ0v) is 10.0. The van der Waals surface area contributed by atoms with Crippen molar-refractivity contribution in [3.8, 4) is 17.2 Å². The molecule has 0 aromatic heterocycles. The molecule has 0 heterocycles. The van der Waals surface area contributed by atoms with Crippen LogP contribution in [0, 0.1) is 5.82 Å². The van der Waals surface area contributed by atoms with Crippen LogP contribution >= 0.6 is 0 Å². The predicted octanol–water partition coefficient (Wildman–Crippen LogP) is 3.09. The molecule has 0 unspecified atom stereocenters. The molecule has 0 aliphatic rings. The summed E-state index contributed by atoms with van der Waals surface area (Å²) in [6, 6.07) is 11.3. The van der Waals surface area contributed by atoms with E-state index in [2.05, 4.69) is 0 Å². The molecule has 2 N–H and O–H groups in total. The van der Waals surface area contributed by atoms with Crippen LogP contribution in [-0.4, -0.2) is 7.11 Å². The van der Waals surface area contributed by atoms with Crippen LogP contribution < -0.4 is 15.2 Å². The molecule has 4 heteroatoms. The SMILES string of the molecule is COc1ccc(CN)c(Oc2cccc(F)c2)c1. The van der Waals surface area contributed by atoms with E-state index in [1.807, 2.05) is 6.07 Å². The average Bonchev–Trinajstić information content (AvgIpc) is 2.38. The monoisotopic (exact) mass is 247 g/mol. The molecule has 2 aromatic rings. The maximum atomic E-state index is 13.1. The van der Waals surface area contributed by atoms with Gasteiger partial charge in [-0.25, -0.2) is 4.39 Å². The summed E-state index contributed by atoms with van der Waals surface area (Å²) in [7, 11) is 1.57. The van der Waals surface area contributed by atoms with Crippen LogP contribution in [-0.2, 0) is 6.54 Å². The highest BCUT2D eigenvalue weighted by Crippen LogP contribution is 2.29. The minimum atomic E-state index is -0.343. The lowest BCUT2D eigenvalue weighted by atomic mass is 10.2. The van der Waals surface area contributed by atoms with Crippen LogP contribution in [0.15, 0.2) is 42.5 Å². The first-order valence-corrected chi connectivity index (χ1v) is 5.53. The summed E-state index contributed by atoms with van der Waals surface area (Å²) in [6.45, 7) is 0.342. The minimum absolute atomic E-state index is 0.342. The van der Waals surface area contributed by atoms with Crippen LogP contribution in [0.2, 0.25) is 0 Å². The Labute approximate surface area is 105 Å². The molecule has 18 heavy (non-hydrogen) atoms. The first-order valence-electron chi connectivity index (χ1n) is 5.53. The summed E-state index contributed by atoms with van der Waals surface area (Å²) in [5, 5.41) is 0. The van der Waals surface area contributed by atoms with Gasteiger partial charge in [0.05, 0.1) is 7.11 Å². The molecule has 2 aromatic carbocycles. The van der Waals surface area contributed by atoms with E-state index in [1.165, 1.54) is 12.1 Å². The fourth-order valence-electron chi connectivity index (χ4n) is 1.58. The first-order chi connectivity index (χ1) is 8.72. The van der Waals surface area contributed by atoms with E-state index in [4.69, 9.17) is 15.2 Å². The van der Waals surface area contributed by atoms with Gasteiger partial charge in [-0.3, -0.25) is 0 Å². The molecule has 0 aliphatic heterocycles. The molecular formula is C14H14FNO2. The van der Waals surface area contributed by atoms with Gasteiger partial charge in [0.1, 0.15) is 23.1 Å². The number of benzene rings is 2. The summed E-state index contributed by atoms with van der Waals surface area (Å²) in [4.78, 5) is 0. The van der Waals surface area contributed by atoms with Crippen molar-refractivity contribution in [1.29, 1.82) is 0 Å². The second-order valence-electron chi connectivity index (χ2n) is 3.74. The zero-order valence-electron chi connectivity index (χ0n) is 10.0. The third kappa shape index (κ3) is 2.78. The Kier molecular flexibility index (Phi) is 3.79. The van der Waals surface area contributed by atoms with Crippen molar-refractivity contribution >= 4 is 0 Å². The molecule has 94 valence electrons. The van der Waals surface area contributed by atoms with Crippen molar-refractivity contribution in [3.05, 3.63) is 53.8 Å². The van der Waals surface area contributed by atoms with Crippen LogP contribution in [0.5, 0.6) is 17.2 Å². The van der Waals surface area contributed by atoms with Crippen molar-refractivity contribution < 1.29 is 13.9 Å². The van der Waals surface area contributed by atoms with E-state index >= 15 is 0 Å². The van der Waals surface area contributed by atoms with Gasteiger partial charge in [0, 0.05) is 24.2 Å². The quantitative estimate of drug-likeness (QED) is 0.903. The third-order valence-corrected chi connectivity index (χ3v) is 2.52. The van der Waals surface area contributed by atoms with E-state index in [-0.39, 0.29) is 5.82 Å². The molecule has 0 bridgehead atoms. The van der Waals surface area contributed by atoms with Crippen LogP contribution in [0.4, 0.5) is 4.39 Å². The van der Waals surface area contributed by atoms with Gasteiger partial charge in [-0.2, -0.15) is 0 Å². The van der Waals surface area contributed by atoms with E-state index in [1.54, 1.807) is 31.4 Å². The Morgan fingerprint density at radius 2 is 1.94 bits per heavy atom. The van der Waals surface area contributed by atoms with E-state index in [0.29, 0.717) is 23.8 Å². The topological polar surface area (TPSA) is 44.5 Å². The Balaban J connectivity index is 2.32. The second-order valence-corrected chi connectivity index (χ2v) is 3.74. The summed E-state index contributed by atoms with van der Waals surface area (Å²) in [5.74, 6) is 1.32. The normalized spacial score (nSPS) is 10.2. The Morgan fingerprint density at radius 3 is 2.61 bits per heavy atom. The number of halogens is 1. The fraction of sp³-hybridized carbons (Fsp3) is 0.143. The molecule has 0 amide bonds. The molecule has 0 radical (unpaired) electrons. The molecule has 0 atom stereocenters. The second kappa shape index (κ2) is 5.51. The van der Waals surface area contributed by atoms with Crippen LogP contribution in [0.3, 0.4) is 0 Å². The van der Waals surface area contributed by atoms with Crippen molar-refractivity contribution in [2.24, 2.45) is 5.73 Å². The highest BCUT2D eigenvalue weighted by molar-refractivity contribution is 5.43. The number of hydrogen-bond donors (Lipinski definition) is 1. The van der Waals surface area contributed by atoms with Crippen LogP contribution in [0.25, 0.3) is 0 Å². The number of methoxy groups -OCH3 is 1. The molecular weight excluding hydrogens is 233 g/mol. The number of hydrogen-bond acceptors (Lipinski definition) is 3. The summed E-state index contributed by atoms with van der Waals surface area (Å²) in [5.41, 5.74) is 6.46. The van der Waals surface area contributed by atoms with Gasteiger partial charge < -0.3 is 15.2 Å². The lowest BCUT2D eigenvalue weighted by Gasteiger charge is -2.11. The fourth-order valence-corrected chi connectivity index (χ4v) is 1.58. The minimum Gasteiger partial charge on any atom is -0.497 e. The molecule has 0 saturated heterocycles. The highest BCUT2D eigenvalue weighted by atomic mass is 19.1. The average molecular weight is 247 g/mol. The van der Waals surface area contributed by atoms with E-state index < -0.39 is 0 Å². The molecule has 0 aliphatic carbocycles. The van der Waals surface area contributed by atoms with E-state index in [0.717, 1.165) is 5.56 Å². The number of ether oxygens (including phenoxy) is 2. The maximum Gasteiger partial charge on any atom is 0.135 e. The molecule has 0 saturated carbocycles. The zero-order chi connectivity index (χ0) is 13.0. The molecule has 0 fully saturated rings. The van der Waals surface area contributed by atoms with Gasteiger partial charge in [-0.05, 0) is 18.2 Å². The molecule has 0 spiro atoms. The summed E-state index contributed by atoms with van der Waals surface area (Å²) >= 11 is 0. The van der Waals surface area contributed by atoms with Gasteiger partial charge in [-0.1, -0.05) is 12.1 Å². The van der Waals surface area contributed by atoms with Crippen molar-refractivity contribution in [1.82, 2.24) is 0 Å². The largest absolute Gasteiger partial charge is 0.497 e. The standard InChI is InChI=1S/C14H14FNO2/c1-17-12-6-5-10(9-16)14(8-12)18-13-4-2-3-11(15)7-13/h2-8H,9,16H2,1H3. The Hall–Kier alpha value is -2.07. The third-order valence-electron chi connectivity index (χ3n) is 2.52. The number of rotatable bonds is 4. The Morgan fingerprint density at radius 1 is 1.11 bits per heavy atom. The summed E-state index contributed by atoms with van der Waals surface area (Å²) in [6.07, 6.45) is 0. The van der Waals surface area contributed by atoms with Crippen LogP contribution in [0.1, 0.15) is 5.56 Å². The first kappa shape index (κ1) is 12.4. The van der Waals surface area contributed by atoms with E-state index in [9.17, 15) is 4.39 Å². The van der Waals surface area contributed by atoms with Gasteiger partial charge in [0.25, 0.3) is 0 Å². The predicted molar refractivity (Wildman–Crippen MR) is 67.4 cm³/mol. The van der Waals surface area contributed by atoms with Crippen molar-refractivity contribution in [2.75, 3.05) is 7.11 Å². The Bertz CT molecular complexity index is 543. The van der Waals surface area contributed by atoms with Crippen molar-refractivity contribution in [3.63, 3.8) is 0 Å². The summed E-state index contributed by atoms with van der Waals surface area (Å²) < 4.78 is 23.8. The highest BCUT2D eigenvalue weighted by Gasteiger charge is 2.06. The van der Waals surface area contributed by atoms with Crippen molar-refractivity contribution in [2.45, 2.75) is 6.54 Å². The lowest BCUT2D eigenvalue weighted by Crippen LogP contribution is -2.00. The number of nitrogens with two attached hydrogens (primary N) is 1. The lowest BCUT2D eigenvalue weighted by molar-refractivity contribution is 0.407.